The molecule has 0 aliphatic heterocycles. The maximum atomic E-state index is 5.52. The van der Waals surface area contributed by atoms with Gasteiger partial charge in [0.2, 0.25) is 0 Å². The molecule has 2 rings (SSSR count). The van der Waals surface area contributed by atoms with Crippen LogP contribution in [0.4, 0.5) is 0 Å². The number of ether oxygens (including phenoxy) is 1. The molecule has 0 spiro atoms. The van der Waals surface area contributed by atoms with Crippen molar-refractivity contribution in [1.29, 1.82) is 0 Å². The molecule has 88 valence electrons. The van der Waals surface area contributed by atoms with Gasteiger partial charge in [0.05, 0.1) is 6.10 Å². The summed E-state index contributed by atoms with van der Waals surface area (Å²) in [7, 11) is 1.82. The fourth-order valence-electron chi connectivity index (χ4n) is 2.56. The number of rotatable bonds is 4. The second kappa shape index (κ2) is 5.46. The summed E-state index contributed by atoms with van der Waals surface area (Å²) in [6, 6.07) is 11.1. The van der Waals surface area contributed by atoms with Crippen molar-refractivity contribution in [3.8, 4) is 0 Å². The summed E-state index contributed by atoms with van der Waals surface area (Å²) in [4.78, 5) is 0. The smallest absolute Gasteiger partial charge is 0.0727 e. The van der Waals surface area contributed by atoms with Crippen molar-refractivity contribution >= 4 is 0 Å². The van der Waals surface area contributed by atoms with E-state index in [0.29, 0.717) is 12.1 Å². The van der Waals surface area contributed by atoms with Crippen molar-refractivity contribution in [2.75, 3.05) is 7.11 Å². The van der Waals surface area contributed by atoms with E-state index in [-0.39, 0.29) is 0 Å². The van der Waals surface area contributed by atoms with Crippen LogP contribution in [0.15, 0.2) is 30.3 Å². The highest BCUT2D eigenvalue weighted by molar-refractivity contribution is 5.14. The van der Waals surface area contributed by atoms with Gasteiger partial charge in [0, 0.05) is 19.7 Å². The summed E-state index contributed by atoms with van der Waals surface area (Å²) in [5.41, 5.74) is 1.34. The van der Waals surface area contributed by atoms with Crippen LogP contribution in [-0.2, 0) is 11.3 Å². The highest BCUT2D eigenvalue weighted by Gasteiger charge is 2.31. The zero-order valence-electron chi connectivity index (χ0n) is 10.1. The first-order valence-electron chi connectivity index (χ1n) is 6.09. The van der Waals surface area contributed by atoms with Gasteiger partial charge in [-0.15, -0.1) is 0 Å². The van der Waals surface area contributed by atoms with Crippen LogP contribution in [0.3, 0.4) is 0 Å². The van der Waals surface area contributed by atoms with Gasteiger partial charge in [0.15, 0.2) is 0 Å². The molecule has 1 aliphatic carbocycles. The van der Waals surface area contributed by atoms with E-state index in [1.165, 1.54) is 18.4 Å². The quantitative estimate of drug-likeness (QED) is 0.840. The standard InChI is InChI=1S/C14H21NO/c1-11-8-13(14(9-11)16-2)15-10-12-6-4-3-5-7-12/h3-7,11,13-15H,8-10H2,1-2H3/t11-,13+,14-/m0/s1. The third kappa shape index (κ3) is 2.83. The Hall–Kier alpha value is -0.860. The zero-order valence-corrected chi connectivity index (χ0v) is 10.1. The first kappa shape index (κ1) is 11.6. The first-order valence-corrected chi connectivity index (χ1v) is 6.09. The average Bonchev–Trinajstić information content (AvgIpc) is 2.68. The predicted octanol–water partition coefficient (Wildman–Crippen LogP) is 2.59. The molecule has 0 unspecified atom stereocenters. The topological polar surface area (TPSA) is 21.3 Å². The first-order chi connectivity index (χ1) is 7.79. The summed E-state index contributed by atoms with van der Waals surface area (Å²) >= 11 is 0. The van der Waals surface area contributed by atoms with Gasteiger partial charge in [-0.2, -0.15) is 0 Å². The number of hydrogen-bond donors (Lipinski definition) is 1. The van der Waals surface area contributed by atoms with Crippen LogP contribution >= 0.6 is 0 Å². The molecule has 0 bridgehead atoms. The third-order valence-corrected chi connectivity index (χ3v) is 3.45. The third-order valence-electron chi connectivity index (χ3n) is 3.45. The maximum absolute atomic E-state index is 5.52. The van der Waals surface area contributed by atoms with E-state index < -0.39 is 0 Å². The maximum Gasteiger partial charge on any atom is 0.0727 e. The minimum Gasteiger partial charge on any atom is -0.380 e. The van der Waals surface area contributed by atoms with E-state index in [4.69, 9.17) is 4.74 Å². The van der Waals surface area contributed by atoms with Crippen LogP contribution in [0.5, 0.6) is 0 Å². The van der Waals surface area contributed by atoms with Crippen LogP contribution in [0.25, 0.3) is 0 Å². The van der Waals surface area contributed by atoms with E-state index >= 15 is 0 Å². The van der Waals surface area contributed by atoms with Gasteiger partial charge < -0.3 is 10.1 Å². The molecular formula is C14H21NO. The van der Waals surface area contributed by atoms with Crippen molar-refractivity contribution in [3.05, 3.63) is 35.9 Å². The lowest BCUT2D eigenvalue weighted by Crippen LogP contribution is -2.36. The molecule has 0 heterocycles. The van der Waals surface area contributed by atoms with Crippen molar-refractivity contribution in [2.24, 2.45) is 5.92 Å². The highest BCUT2D eigenvalue weighted by atomic mass is 16.5. The largest absolute Gasteiger partial charge is 0.380 e. The second-order valence-corrected chi connectivity index (χ2v) is 4.82. The van der Waals surface area contributed by atoms with Gasteiger partial charge in [-0.1, -0.05) is 37.3 Å². The Morgan fingerprint density at radius 3 is 2.69 bits per heavy atom. The van der Waals surface area contributed by atoms with E-state index in [9.17, 15) is 0 Å². The Morgan fingerprint density at radius 1 is 1.25 bits per heavy atom. The summed E-state index contributed by atoms with van der Waals surface area (Å²) in [5, 5.41) is 3.60. The molecule has 0 radical (unpaired) electrons. The second-order valence-electron chi connectivity index (χ2n) is 4.82. The molecule has 0 aromatic heterocycles. The lowest BCUT2D eigenvalue weighted by molar-refractivity contribution is 0.0830. The number of methoxy groups -OCH3 is 1. The van der Waals surface area contributed by atoms with Gasteiger partial charge in [0.25, 0.3) is 0 Å². The highest BCUT2D eigenvalue weighted by Crippen LogP contribution is 2.27. The Morgan fingerprint density at radius 2 is 2.00 bits per heavy atom. The molecular weight excluding hydrogens is 198 g/mol. The Kier molecular flexibility index (Phi) is 3.97. The number of benzene rings is 1. The van der Waals surface area contributed by atoms with Crippen LogP contribution in [0, 0.1) is 5.92 Å². The molecule has 0 saturated heterocycles. The Balaban J connectivity index is 1.86. The zero-order chi connectivity index (χ0) is 11.4. The molecule has 0 amide bonds. The van der Waals surface area contributed by atoms with E-state index in [1.807, 2.05) is 7.11 Å². The van der Waals surface area contributed by atoms with Crippen LogP contribution in [0.1, 0.15) is 25.3 Å². The SMILES string of the molecule is CO[C@H]1C[C@@H](C)C[C@H]1NCc1ccccc1. The van der Waals surface area contributed by atoms with Crippen molar-refractivity contribution in [2.45, 2.75) is 38.5 Å². The monoisotopic (exact) mass is 219 g/mol. The number of hydrogen-bond acceptors (Lipinski definition) is 2. The minimum absolute atomic E-state index is 0.388. The molecule has 1 aromatic carbocycles. The summed E-state index contributed by atoms with van der Waals surface area (Å²) in [6.07, 6.45) is 2.80. The molecule has 1 fully saturated rings. The van der Waals surface area contributed by atoms with Crippen molar-refractivity contribution in [3.63, 3.8) is 0 Å². The van der Waals surface area contributed by atoms with Crippen LogP contribution < -0.4 is 5.32 Å². The van der Waals surface area contributed by atoms with Gasteiger partial charge in [-0.3, -0.25) is 0 Å². The van der Waals surface area contributed by atoms with Crippen LogP contribution in [-0.4, -0.2) is 19.3 Å². The summed E-state index contributed by atoms with van der Waals surface area (Å²) in [6.45, 7) is 3.24. The normalized spacial score (nSPS) is 29.5. The lowest BCUT2D eigenvalue weighted by atomic mass is 10.1. The van der Waals surface area contributed by atoms with Gasteiger partial charge >= 0.3 is 0 Å². The number of nitrogens with one attached hydrogen (secondary N) is 1. The molecule has 1 saturated carbocycles. The minimum atomic E-state index is 0.388. The van der Waals surface area contributed by atoms with Gasteiger partial charge in [-0.05, 0) is 24.3 Å². The molecule has 16 heavy (non-hydrogen) atoms. The summed E-state index contributed by atoms with van der Waals surface area (Å²) in [5.74, 6) is 0.776. The molecule has 2 nitrogen and oxygen atoms in total. The molecule has 3 atom stereocenters. The van der Waals surface area contributed by atoms with E-state index in [1.54, 1.807) is 0 Å². The predicted molar refractivity (Wildman–Crippen MR) is 66.3 cm³/mol. The van der Waals surface area contributed by atoms with Crippen LogP contribution in [0.2, 0.25) is 0 Å². The van der Waals surface area contributed by atoms with Crippen molar-refractivity contribution in [1.82, 2.24) is 5.32 Å². The Bertz CT molecular complexity index is 312. The molecule has 1 N–H and O–H groups in total. The lowest BCUT2D eigenvalue weighted by Gasteiger charge is -2.19. The Labute approximate surface area is 98.0 Å². The van der Waals surface area contributed by atoms with E-state index in [0.717, 1.165) is 12.5 Å². The molecule has 1 aromatic rings. The molecule has 2 heteroatoms. The molecule has 1 aliphatic rings. The van der Waals surface area contributed by atoms with Crippen molar-refractivity contribution < 1.29 is 4.74 Å². The van der Waals surface area contributed by atoms with Gasteiger partial charge in [0.1, 0.15) is 0 Å². The van der Waals surface area contributed by atoms with Gasteiger partial charge in [-0.25, -0.2) is 0 Å². The fourth-order valence-corrected chi connectivity index (χ4v) is 2.56. The average molecular weight is 219 g/mol. The summed E-state index contributed by atoms with van der Waals surface area (Å²) < 4.78 is 5.52. The fraction of sp³-hybridized carbons (Fsp3) is 0.571. The van der Waals surface area contributed by atoms with E-state index in [2.05, 4.69) is 42.6 Å².